The van der Waals surface area contributed by atoms with E-state index in [-0.39, 0.29) is 10.0 Å². The smallest absolute Gasteiger partial charge is 0.126 e. The minimum absolute atomic E-state index is 0.244. The van der Waals surface area contributed by atoms with Crippen molar-refractivity contribution in [3.8, 4) is 0 Å². The molecule has 0 heterocycles. The standard InChI is InChI=1S/C13H8BrCl3FN/c14-9-2-1-7(3-10(9)15)6-19-13-11(16)4-8(18)5-12(13)17/h1-5,19H,6H2. The van der Waals surface area contributed by atoms with E-state index in [9.17, 15) is 4.39 Å². The first-order chi connectivity index (χ1) is 8.97. The molecule has 2 aromatic carbocycles. The van der Waals surface area contributed by atoms with Crippen LogP contribution in [-0.2, 0) is 6.54 Å². The normalized spacial score (nSPS) is 10.6. The van der Waals surface area contributed by atoms with Crippen molar-refractivity contribution < 1.29 is 4.39 Å². The summed E-state index contributed by atoms with van der Waals surface area (Å²) in [6.07, 6.45) is 0. The van der Waals surface area contributed by atoms with Crippen LogP contribution in [0.4, 0.5) is 10.1 Å². The average molecular weight is 383 g/mol. The Hall–Kier alpha value is -0.480. The fourth-order valence-electron chi connectivity index (χ4n) is 1.55. The van der Waals surface area contributed by atoms with Crippen molar-refractivity contribution in [3.05, 3.63) is 61.3 Å². The molecule has 0 aliphatic carbocycles. The highest BCUT2D eigenvalue weighted by atomic mass is 79.9. The van der Waals surface area contributed by atoms with E-state index < -0.39 is 5.82 Å². The summed E-state index contributed by atoms with van der Waals surface area (Å²) in [5.41, 5.74) is 1.47. The fraction of sp³-hybridized carbons (Fsp3) is 0.0769. The van der Waals surface area contributed by atoms with Gasteiger partial charge in [-0.05, 0) is 45.8 Å². The number of halogens is 5. The molecule has 0 saturated carbocycles. The van der Waals surface area contributed by atoms with Gasteiger partial charge in [0.2, 0.25) is 0 Å². The highest BCUT2D eigenvalue weighted by Crippen LogP contribution is 2.32. The van der Waals surface area contributed by atoms with Crippen LogP contribution in [0.2, 0.25) is 15.1 Å². The average Bonchev–Trinajstić information content (AvgIpc) is 2.32. The van der Waals surface area contributed by atoms with Gasteiger partial charge in [0.15, 0.2) is 0 Å². The second-order valence-electron chi connectivity index (χ2n) is 3.85. The number of hydrogen-bond donors (Lipinski definition) is 1. The summed E-state index contributed by atoms with van der Waals surface area (Å²) in [6.45, 7) is 0.484. The summed E-state index contributed by atoms with van der Waals surface area (Å²) in [5, 5.41) is 4.18. The van der Waals surface area contributed by atoms with Crippen LogP contribution in [0, 0.1) is 5.82 Å². The molecule has 0 aliphatic heterocycles. The van der Waals surface area contributed by atoms with E-state index in [1.165, 1.54) is 12.1 Å². The van der Waals surface area contributed by atoms with Crippen LogP contribution in [0.1, 0.15) is 5.56 Å². The van der Waals surface area contributed by atoms with Gasteiger partial charge < -0.3 is 5.32 Å². The van der Waals surface area contributed by atoms with Crippen LogP contribution in [0.5, 0.6) is 0 Å². The lowest BCUT2D eigenvalue weighted by Crippen LogP contribution is -2.01. The zero-order valence-electron chi connectivity index (χ0n) is 9.48. The summed E-state index contributed by atoms with van der Waals surface area (Å²) in [6, 6.07) is 8.01. The van der Waals surface area contributed by atoms with Gasteiger partial charge >= 0.3 is 0 Å². The highest BCUT2D eigenvalue weighted by molar-refractivity contribution is 9.10. The third-order valence-corrected chi connectivity index (χ3v) is 4.29. The Labute approximate surface area is 133 Å². The molecule has 0 amide bonds. The maximum absolute atomic E-state index is 13.0. The van der Waals surface area contributed by atoms with E-state index in [1.54, 1.807) is 0 Å². The first-order valence-corrected chi connectivity index (χ1v) is 7.22. The number of benzene rings is 2. The second-order valence-corrected chi connectivity index (χ2v) is 5.92. The summed E-state index contributed by atoms with van der Waals surface area (Å²) >= 11 is 21.2. The van der Waals surface area contributed by atoms with Crippen LogP contribution in [0.3, 0.4) is 0 Å². The van der Waals surface area contributed by atoms with Crippen LogP contribution in [0.15, 0.2) is 34.8 Å². The van der Waals surface area contributed by atoms with Gasteiger partial charge in [-0.25, -0.2) is 4.39 Å². The van der Waals surface area contributed by atoms with Crippen LogP contribution in [-0.4, -0.2) is 0 Å². The lowest BCUT2D eigenvalue weighted by atomic mass is 10.2. The molecule has 0 bridgehead atoms. The van der Waals surface area contributed by atoms with E-state index in [0.717, 1.165) is 10.0 Å². The Morgan fingerprint density at radius 2 is 1.63 bits per heavy atom. The van der Waals surface area contributed by atoms with E-state index in [0.29, 0.717) is 17.3 Å². The van der Waals surface area contributed by atoms with Gasteiger partial charge in [0.1, 0.15) is 5.82 Å². The predicted octanol–water partition coefficient (Wildman–Crippen LogP) is 6.16. The van der Waals surface area contributed by atoms with Crippen molar-refractivity contribution in [1.29, 1.82) is 0 Å². The summed E-state index contributed by atoms with van der Waals surface area (Å²) < 4.78 is 13.9. The molecule has 1 nitrogen and oxygen atoms in total. The molecule has 2 aromatic rings. The van der Waals surface area contributed by atoms with Crippen molar-refractivity contribution in [1.82, 2.24) is 0 Å². The third-order valence-electron chi connectivity index (χ3n) is 2.46. The van der Waals surface area contributed by atoms with Crippen LogP contribution >= 0.6 is 50.7 Å². The van der Waals surface area contributed by atoms with Crippen LogP contribution < -0.4 is 5.32 Å². The maximum atomic E-state index is 13.0. The largest absolute Gasteiger partial charge is 0.379 e. The number of rotatable bonds is 3. The Kier molecular flexibility index (Phi) is 4.96. The molecule has 6 heteroatoms. The molecule has 0 unspecified atom stereocenters. The maximum Gasteiger partial charge on any atom is 0.126 e. The fourth-order valence-corrected chi connectivity index (χ4v) is 2.59. The Bertz CT molecular complexity index is 596. The van der Waals surface area contributed by atoms with Gasteiger partial charge in [-0.1, -0.05) is 40.9 Å². The highest BCUT2D eigenvalue weighted by Gasteiger charge is 2.08. The minimum atomic E-state index is -0.466. The van der Waals surface area contributed by atoms with Gasteiger partial charge in [0, 0.05) is 11.0 Å². The summed E-state index contributed by atoms with van der Waals surface area (Å²) in [5.74, 6) is -0.466. The zero-order chi connectivity index (χ0) is 14.0. The molecular formula is C13H8BrCl3FN. The van der Waals surface area contributed by atoms with E-state index in [4.69, 9.17) is 34.8 Å². The van der Waals surface area contributed by atoms with Crippen molar-refractivity contribution in [2.75, 3.05) is 5.32 Å². The molecule has 0 fully saturated rings. The second kappa shape index (κ2) is 6.31. The Balaban J connectivity index is 2.16. The minimum Gasteiger partial charge on any atom is -0.379 e. The number of nitrogens with one attached hydrogen (secondary N) is 1. The Morgan fingerprint density at radius 1 is 1.00 bits per heavy atom. The van der Waals surface area contributed by atoms with Crippen molar-refractivity contribution >= 4 is 56.4 Å². The molecule has 0 radical (unpaired) electrons. The molecule has 0 aromatic heterocycles. The summed E-state index contributed by atoms with van der Waals surface area (Å²) in [7, 11) is 0. The first-order valence-electron chi connectivity index (χ1n) is 5.29. The van der Waals surface area contributed by atoms with E-state index in [1.807, 2.05) is 18.2 Å². The van der Waals surface area contributed by atoms with Gasteiger partial charge in [-0.15, -0.1) is 0 Å². The molecule has 0 spiro atoms. The Morgan fingerprint density at radius 3 is 2.21 bits per heavy atom. The lowest BCUT2D eigenvalue weighted by molar-refractivity contribution is 0.628. The molecule has 19 heavy (non-hydrogen) atoms. The molecule has 0 aliphatic rings. The van der Waals surface area contributed by atoms with Gasteiger partial charge in [0.05, 0.1) is 20.8 Å². The third kappa shape index (κ3) is 3.76. The number of anilines is 1. The molecule has 0 atom stereocenters. The van der Waals surface area contributed by atoms with E-state index in [2.05, 4.69) is 21.2 Å². The van der Waals surface area contributed by atoms with Crippen molar-refractivity contribution in [3.63, 3.8) is 0 Å². The van der Waals surface area contributed by atoms with Crippen LogP contribution in [0.25, 0.3) is 0 Å². The monoisotopic (exact) mass is 381 g/mol. The van der Waals surface area contributed by atoms with Gasteiger partial charge in [0.25, 0.3) is 0 Å². The van der Waals surface area contributed by atoms with Crippen molar-refractivity contribution in [2.45, 2.75) is 6.54 Å². The van der Waals surface area contributed by atoms with Gasteiger partial charge in [-0.2, -0.15) is 0 Å². The predicted molar refractivity (Wildman–Crippen MR) is 82.9 cm³/mol. The zero-order valence-corrected chi connectivity index (χ0v) is 13.3. The van der Waals surface area contributed by atoms with Crippen molar-refractivity contribution in [2.24, 2.45) is 0 Å². The topological polar surface area (TPSA) is 12.0 Å². The lowest BCUT2D eigenvalue weighted by Gasteiger charge is -2.11. The van der Waals surface area contributed by atoms with E-state index >= 15 is 0 Å². The molecular weight excluding hydrogens is 375 g/mol. The molecule has 1 N–H and O–H groups in total. The quantitative estimate of drug-likeness (QED) is 0.669. The summed E-state index contributed by atoms with van der Waals surface area (Å²) in [4.78, 5) is 0. The number of hydrogen-bond acceptors (Lipinski definition) is 1. The SMILES string of the molecule is Fc1cc(Cl)c(NCc2ccc(Br)c(Cl)c2)c(Cl)c1. The first kappa shape index (κ1) is 14.9. The van der Waals surface area contributed by atoms with Gasteiger partial charge in [-0.3, -0.25) is 0 Å². The molecule has 2 rings (SSSR count). The molecule has 100 valence electrons. The molecule has 0 saturated heterocycles.